The van der Waals surface area contributed by atoms with E-state index in [4.69, 9.17) is 9.07 Å². The monoisotopic (exact) mass is 90.0 g/mol. The summed E-state index contributed by atoms with van der Waals surface area (Å²) < 4.78 is 4.45. The van der Waals surface area contributed by atoms with Gasteiger partial charge in [0.1, 0.15) is 0 Å². The van der Waals surface area contributed by atoms with E-state index in [1.54, 1.807) is 7.11 Å². The van der Waals surface area contributed by atoms with Crippen LogP contribution in [0.1, 0.15) is 0 Å². The first-order valence-electron chi connectivity index (χ1n) is 0.964. The molecule has 0 bridgehead atoms. The van der Waals surface area contributed by atoms with Crippen LogP contribution in [0.25, 0.3) is 0 Å². The average molecular weight is 90.8 g/mol. The van der Waals surface area contributed by atoms with Crippen molar-refractivity contribution in [2.45, 2.75) is 0 Å². The Balaban J connectivity index is 1.97. The molecule has 0 spiro atoms. The van der Waals surface area contributed by atoms with Crippen LogP contribution in [0, 0.1) is 0 Å². The van der Waals surface area contributed by atoms with Crippen LogP contribution in [0.3, 0.4) is 0 Å². The molecule has 22 valence electrons. The first-order valence-corrected chi connectivity index (χ1v) is 3.68. The van der Waals surface area contributed by atoms with Gasteiger partial charge in [0.15, 0.2) is 0 Å². The van der Waals surface area contributed by atoms with E-state index in [0.717, 1.165) is 0 Å². The quantitative estimate of drug-likeness (QED) is 0.424. The average Bonchev–Trinajstić information content (AvgIpc) is 1.37. The lowest BCUT2D eigenvalue weighted by Crippen LogP contribution is -1.75. The molecule has 0 aromatic rings. The Hall–Kier alpha value is 1.02. The lowest BCUT2D eigenvalue weighted by atomic mass is 11.8. The minimum atomic E-state index is -0.603. The van der Waals surface area contributed by atoms with E-state index in [2.05, 4.69) is 3.17 Å². The standard InChI is InChI=1S/CH3O.ClH.Mg/c1-2;;/h1H3;1H;/q-1;;+2/p-1. The van der Waals surface area contributed by atoms with Crippen LogP contribution in [0.2, 0.25) is 0 Å². The van der Waals surface area contributed by atoms with Crippen molar-refractivity contribution in [2.24, 2.45) is 0 Å². The maximum absolute atomic E-state index is 5.10. The van der Waals surface area contributed by atoms with Crippen molar-refractivity contribution in [2.75, 3.05) is 7.11 Å². The number of hydrogen-bond acceptors (Lipinski definition) is 1. The van der Waals surface area contributed by atoms with Crippen LogP contribution < -0.4 is 0 Å². The molecule has 0 aliphatic heterocycles. The summed E-state index contributed by atoms with van der Waals surface area (Å²) in [6.45, 7) is 0. The molecule has 0 aromatic carbocycles. The molecule has 0 atom stereocenters. The van der Waals surface area contributed by atoms with Gasteiger partial charge in [0.2, 0.25) is 0 Å². The van der Waals surface area contributed by atoms with Gasteiger partial charge in [-0.05, 0) is 7.11 Å². The zero-order chi connectivity index (χ0) is 3.41. The molecule has 4 heavy (non-hydrogen) atoms. The van der Waals surface area contributed by atoms with E-state index < -0.39 is 19.7 Å². The van der Waals surface area contributed by atoms with Gasteiger partial charge in [0.05, 0.1) is 0 Å². The molecule has 0 radical (unpaired) electrons. The fourth-order valence-corrected chi connectivity index (χ4v) is 0. The number of rotatable bonds is 1. The van der Waals surface area contributed by atoms with E-state index in [0.29, 0.717) is 0 Å². The van der Waals surface area contributed by atoms with Gasteiger partial charge in [-0.2, -0.15) is 0 Å². The lowest BCUT2D eigenvalue weighted by Gasteiger charge is -1.72. The van der Waals surface area contributed by atoms with Gasteiger partial charge in [-0.15, -0.1) is 0 Å². The van der Waals surface area contributed by atoms with E-state index >= 15 is 0 Å². The topological polar surface area (TPSA) is 9.23 Å². The van der Waals surface area contributed by atoms with Crippen LogP contribution in [0.15, 0.2) is 0 Å². The Bertz CT molecular complexity index is 10.0. The molecular formula is CH3ClMgO. The maximum Gasteiger partial charge on any atom is 0.701 e. The van der Waals surface area contributed by atoms with Crippen molar-refractivity contribution < 1.29 is 3.17 Å². The molecule has 0 unspecified atom stereocenters. The summed E-state index contributed by atoms with van der Waals surface area (Å²) in [5.74, 6) is 0. The van der Waals surface area contributed by atoms with E-state index in [-0.39, 0.29) is 0 Å². The normalized spacial score (nSPS) is 5.50. The molecule has 0 aliphatic carbocycles. The molecular weight excluding hydrogens is 87.8 g/mol. The second-order valence-electron chi connectivity index (χ2n) is 0.398. The highest BCUT2D eigenvalue weighted by Gasteiger charge is 1.76. The predicted molar refractivity (Wildman–Crippen MR) is 18.6 cm³/mol. The van der Waals surface area contributed by atoms with E-state index in [1.165, 1.54) is 0 Å². The highest BCUT2D eigenvalue weighted by Crippen LogP contribution is 1.61. The van der Waals surface area contributed by atoms with Gasteiger partial charge in [-0.3, -0.25) is 9.07 Å². The third kappa shape index (κ3) is 3.02. The Morgan fingerprint density at radius 2 is 2.25 bits per heavy atom. The Labute approximate surface area is 39.3 Å². The highest BCUT2D eigenvalue weighted by atomic mass is 35.5. The SMILES string of the molecule is C[O][Mg][Cl]. The predicted octanol–water partition coefficient (Wildman–Crippen LogP) is 0.406. The number of hydrogen-bond donors (Lipinski definition) is 0. The van der Waals surface area contributed by atoms with Gasteiger partial charge in [-0.25, -0.2) is 0 Å². The Morgan fingerprint density at radius 3 is 2.25 bits per heavy atom. The van der Waals surface area contributed by atoms with Gasteiger partial charge in [0, 0.05) is 0 Å². The molecule has 0 N–H and O–H groups in total. The van der Waals surface area contributed by atoms with Crippen molar-refractivity contribution in [1.82, 2.24) is 0 Å². The van der Waals surface area contributed by atoms with E-state index in [9.17, 15) is 0 Å². The van der Waals surface area contributed by atoms with Crippen molar-refractivity contribution >= 4 is 28.7 Å². The summed E-state index contributed by atoms with van der Waals surface area (Å²) in [6, 6.07) is 0. The first-order chi connectivity index (χ1) is 1.91. The molecule has 0 aromatic heterocycles. The molecule has 0 heterocycles. The van der Waals surface area contributed by atoms with Crippen LogP contribution >= 0.6 is 9.07 Å². The molecule has 1 nitrogen and oxygen atoms in total. The van der Waals surface area contributed by atoms with Gasteiger partial charge < -0.3 is 3.17 Å². The smallest absolute Gasteiger partial charge is 0.551 e. The summed E-state index contributed by atoms with van der Waals surface area (Å²) in [7, 11) is 6.71. The molecule has 0 amide bonds. The zero-order valence-electron chi connectivity index (χ0n) is 2.49. The summed E-state index contributed by atoms with van der Waals surface area (Å²) in [4.78, 5) is 0. The highest BCUT2D eigenvalue weighted by molar-refractivity contribution is 6.89. The first kappa shape index (κ1) is 5.02. The van der Waals surface area contributed by atoms with Crippen molar-refractivity contribution in [3.63, 3.8) is 0 Å². The van der Waals surface area contributed by atoms with Crippen LogP contribution in [0.4, 0.5) is 0 Å². The molecule has 3 heteroatoms. The van der Waals surface area contributed by atoms with Crippen LogP contribution in [0.5, 0.6) is 0 Å². The Kier molecular flexibility index (Phi) is 5.04. The third-order valence-corrected chi connectivity index (χ3v) is 0.982. The minimum absolute atomic E-state index is 0.603. The summed E-state index contributed by atoms with van der Waals surface area (Å²) in [6.07, 6.45) is 0. The van der Waals surface area contributed by atoms with E-state index in [1.807, 2.05) is 0 Å². The zero-order valence-corrected chi connectivity index (χ0v) is 4.66. The Morgan fingerprint density at radius 1 is 2.00 bits per heavy atom. The summed E-state index contributed by atoms with van der Waals surface area (Å²) in [5.41, 5.74) is 0. The molecule has 0 saturated heterocycles. The van der Waals surface area contributed by atoms with Crippen molar-refractivity contribution in [3.8, 4) is 0 Å². The fraction of sp³-hybridized carbons (Fsp3) is 1.00. The third-order valence-electron chi connectivity index (χ3n) is 0.109. The second-order valence-corrected chi connectivity index (χ2v) is 1.85. The largest absolute Gasteiger partial charge is 0.701 e. The van der Waals surface area contributed by atoms with Gasteiger partial charge >= 0.3 is 19.7 Å². The molecule has 0 fully saturated rings. The van der Waals surface area contributed by atoms with Crippen molar-refractivity contribution in [1.29, 1.82) is 0 Å². The summed E-state index contributed by atoms with van der Waals surface area (Å²) >= 11 is -0.603. The van der Waals surface area contributed by atoms with Gasteiger partial charge in [-0.1, -0.05) is 0 Å². The summed E-state index contributed by atoms with van der Waals surface area (Å²) in [5, 5.41) is 0. The van der Waals surface area contributed by atoms with Crippen LogP contribution in [-0.2, 0) is 3.17 Å². The fourth-order valence-electron chi connectivity index (χ4n) is 0. The second kappa shape index (κ2) is 4.02. The van der Waals surface area contributed by atoms with Gasteiger partial charge in [0.25, 0.3) is 0 Å². The lowest BCUT2D eigenvalue weighted by molar-refractivity contribution is 0.455. The van der Waals surface area contributed by atoms with Crippen LogP contribution in [-0.4, -0.2) is 26.8 Å². The molecule has 0 saturated carbocycles. The number of halogens is 1. The molecule has 0 rings (SSSR count). The minimum Gasteiger partial charge on any atom is -0.551 e. The van der Waals surface area contributed by atoms with Crippen molar-refractivity contribution in [3.05, 3.63) is 0 Å². The maximum atomic E-state index is 5.10. The molecule has 0 aliphatic rings.